The molecule has 2 aliphatic rings. The van der Waals surface area contributed by atoms with Crippen LogP contribution < -0.4 is 4.74 Å². The Morgan fingerprint density at radius 2 is 1.79 bits per heavy atom. The van der Waals surface area contributed by atoms with Gasteiger partial charge in [0.1, 0.15) is 5.75 Å². The topological polar surface area (TPSA) is 18.5 Å². The average molecular weight is 356 g/mol. The Bertz CT molecular complexity index is 857. The first-order valence-corrected chi connectivity index (χ1v) is 11.1. The van der Waals surface area contributed by atoms with Crippen LogP contribution in [0.2, 0.25) is 0 Å². The molecule has 0 radical (unpaired) electrons. The molecule has 0 aromatic heterocycles. The van der Waals surface area contributed by atoms with Crippen molar-refractivity contribution in [1.82, 2.24) is 0 Å². The Balaban J connectivity index is 1.79. The molecule has 2 aromatic carbocycles. The van der Waals surface area contributed by atoms with Crippen LogP contribution in [-0.2, 0) is 16.3 Å². The van der Waals surface area contributed by atoms with Crippen LogP contribution in [0.4, 0.5) is 0 Å². The van der Waals surface area contributed by atoms with Crippen LogP contribution >= 0.6 is 6.26 Å². The van der Waals surface area contributed by atoms with Crippen LogP contribution in [0.15, 0.2) is 60.2 Å². The van der Waals surface area contributed by atoms with Gasteiger partial charge in [-0.3, -0.25) is 0 Å². The van der Waals surface area contributed by atoms with Gasteiger partial charge >= 0.3 is 0 Å². The molecule has 24 heavy (non-hydrogen) atoms. The second-order valence-electron chi connectivity index (χ2n) is 6.85. The van der Waals surface area contributed by atoms with Crippen LogP contribution in [0.5, 0.6) is 5.75 Å². The Hall–Kier alpha value is -1.41. The maximum Gasteiger partial charge on any atom is 0.118 e. The molecule has 2 heterocycles. The first-order chi connectivity index (χ1) is 11.5. The van der Waals surface area contributed by atoms with Crippen molar-refractivity contribution in [3.05, 3.63) is 71.3 Å². The van der Waals surface area contributed by atoms with E-state index < -0.39 is 6.26 Å². The molecular formula is C20H21O2PS. The number of ether oxygens (including phenoxy) is 1. The summed E-state index contributed by atoms with van der Waals surface area (Å²) in [5.41, 5.74) is 3.81. The van der Waals surface area contributed by atoms with Gasteiger partial charge in [-0.05, 0) is 30.2 Å². The van der Waals surface area contributed by atoms with Crippen molar-refractivity contribution in [2.45, 2.75) is 20.0 Å². The predicted octanol–water partition coefficient (Wildman–Crippen LogP) is 5.61. The lowest BCUT2D eigenvalue weighted by molar-refractivity contribution is 0.150. The van der Waals surface area contributed by atoms with Crippen molar-refractivity contribution in [2.75, 3.05) is 13.3 Å². The summed E-state index contributed by atoms with van der Waals surface area (Å²) in [5.74, 6) is 0.868. The normalized spacial score (nSPS) is 31.5. The van der Waals surface area contributed by atoms with Crippen molar-refractivity contribution in [1.29, 1.82) is 0 Å². The lowest BCUT2D eigenvalue weighted by Crippen LogP contribution is -2.24. The number of rotatable bonds is 3. The molecule has 2 bridgehead atoms. The first kappa shape index (κ1) is 16.1. The van der Waals surface area contributed by atoms with E-state index in [0.717, 1.165) is 11.9 Å². The molecule has 2 nitrogen and oxygen atoms in total. The fourth-order valence-corrected chi connectivity index (χ4v) is 9.43. The van der Waals surface area contributed by atoms with Gasteiger partial charge in [0.15, 0.2) is 0 Å². The smallest absolute Gasteiger partial charge is 0.118 e. The summed E-state index contributed by atoms with van der Waals surface area (Å²) in [7, 11) is 1.69. The van der Waals surface area contributed by atoms with Gasteiger partial charge in [0.05, 0.1) is 19.5 Å². The summed E-state index contributed by atoms with van der Waals surface area (Å²) in [6, 6.07) is 18.7. The molecule has 4 rings (SSSR count). The zero-order valence-electron chi connectivity index (χ0n) is 14.2. The number of benzene rings is 2. The van der Waals surface area contributed by atoms with Crippen molar-refractivity contribution < 1.29 is 9.26 Å². The lowest BCUT2D eigenvalue weighted by atomic mass is 9.76. The molecule has 0 amide bonds. The molecule has 0 aliphatic carbocycles. The molecule has 0 N–H and O–H groups in total. The largest absolute Gasteiger partial charge is 0.497 e. The van der Waals surface area contributed by atoms with Crippen LogP contribution in [0.1, 0.15) is 31.1 Å². The molecule has 3 atom stereocenters. The highest BCUT2D eigenvalue weighted by atomic mass is 32.4. The highest BCUT2D eigenvalue weighted by Crippen LogP contribution is 2.80. The van der Waals surface area contributed by atoms with E-state index in [9.17, 15) is 0 Å². The average Bonchev–Trinajstić information content (AvgIpc) is 2.99. The Morgan fingerprint density at radius 3 is 2.38 bits per heavy atom. The van der Waals surface area contributed by atoms with E-state index in [2.05, 4.69) is 50.2 Å². The van der Waals surface area contributed by atoms with E-state index in [1.807, 2.05) is 18.2 Å². The third-order valence-electron chi connectivity index (χ3n) is 5.41. The predicted molar refractivity (Wildman–Crippen MR) is 103 cm³/mol. The highest BCUT2D eigenvalue weighted by Gasteiger charge is 2.58. The van der Waals surface area contributed by atoms with Crippen LogP contribution in [0.25, 0.3) is 5.31 Å². The Kier molecular flexibility index (Phi) is 3.72. The fraction of sp³-hybridized carbons (Fsp3) is 0.300. The molecule has 1 saturated heterocycles. The van der Waals surface area contributed by atoms with Crippen molar-refractivity contribution >= 4 is 23.4 Å². The molecule has 1 fully saturated rings. The van der Waals surface area contributed by atoms with Crippen molar-refractivity contribution in [3.8, 4) is 5.75 Å². The Labute approximate surface area is 148 Å². The minimum Gasteiger partial charge on any atom is -0.497 e. The van der Waals surface area contributed by atoms with Gasteiger partial charge < -0.3 is 9.26 Å². The number of hydrogen-bond acceptors (Lipinski definition) is 3. The molecule has 4 heteroatoms. The molecule has 0 saturated carbocycles. The highest BCUT2D eigenvalue weighted by molar-refractivity contribution is 8.17. The molecule has 2 aliphatic heterocycles. The molecular weight excluding hydrogens is 335 g/mol. The standard InChI is InChI=1S/C20H21O2PS/c1-14-18(15-7-5-4-6-8-15)23(24)13-20(14,2)19(22-23)16-9-11-17(21-3)12-10-16/h4-12,19H,13H2,1-3H3/t19-,20+,23+/m0/s1. The summed E-state index contributed by atoms with van der Waals surface area (Å²) in [4.78, 5) is 0. The maximum atomic E-state index is 6.58. The first-order valence-electron chi connectivity index (χ1n) is 8.17. The van der Waals surface area contributed by atoms with Crippen LogP contribution in [0, 0.1) is 5.41 Å². The van der Waals surface area contributed by atoms with Gasteiger partial charge in [-0.15, -0.1) is 0 Å². The van der Waals surface area contributed by atoms with Gasteiger partial charge in [-0.2, -0.15) is 0 Å². The van der Waals surface area contributed by atoms with Crippen LogP contribution in [-0.4, -0.2) is 13.3 Å². The number of fused-ring (bicyclic) bond motifs is 2. The zero-order chi connectivity index (χ0) is 16.9. The second kappa shape index (κ2) is 5.56. The molecule has 2 aromatic rings. The van der Waals surface area contributed by atoms with E-state index in [4.69, 9.17) is 21.1 Å². The fourth-order valence-electron chi connectivity index (χ4n) is 4.03. The van der Waals surface area contributed by atoms with Gasteiger partial charge in [0.2, 0.25) is 0 Å². The number of hydrogen-bond donors (Lipinski definition) is 0. The SMILES string of the molecule is COc1ccc([C@@H]2O[P@@]3(=S)C[C@]2(C)C(C)=C3c2ccccc2)cc1. The summed E-state index contributed by atoms with van der Waals surface area (Å²) in [6.45, 7) is 4.55. The third kappa shape index (κ3) is 2.23. The molecule has 0 unspecified atom stereocenters. The quantitative estimate of drug-likeness (QED) is 0.666. The van der Waals surface area contributed by atoms with Crippen molar-refractivity contribution in [2.24, 2.45) is 5.41 Å². The van der Waals surface area contributed by atoms with Gasteiger partial charge in [-0.1, -0.05) is 66.8 Å². The minimum absolute atomic E-state index is 0.0186. The van der Waals surface area contributed by atoms with E-state index in [1.165, 1.54) is 22.0 Å². The molecule has 124 valence electrons. The van der Waals surface area contributed by atoms with E-state index in [1.54, 1.807) is 7.11 Å². The third-order valence-corrected chi connectivity index (χ3v) is 9.50. The van der Waals surface area contributed by atoms with Gasteiger partial charge in [0, 0.05) is 16.9 Å². The second-order valence-corrected chi connectivity index (χ2v) is 10.9. The summed E-state index contributed by atoms with van der Waals surface area (Å²) in [6.07, 6.45) is -0.985. The zero-order valence-corrected chi connectivity index (χ0v) is 15.9. The van der Waals surface area contributed by atoms with Gasteiger partial charge in [0.25, 0.3) is 0 Å². The van der Waals surface area contributed by atoms with E-state index in [0.29, 0.717) is 0 Å². The number of methoxy groups -OCH3 is 1. The summed E-state index contributed by atoms with van der Waals surface area (Å²) >= 11 is 6.09. The summed E-state index contributed by atoms with van der Waals surface area (Å²) in [5, 5.41) is 1.30. The molecule has 0 spiro atoms. The van der Waals surface area contributed by atoms with Crippen molar-refractivity contribution in [3.63, 3.8) is 0 Å². The Morgan fingerprint density at radius 1 is 1.12 bits per heavy atom. The summed E-state index contributed by atoms with van der Waals surface area (Å²) < 4.78 is 11.8. The van der Waals surface area contributed by atoms with Gasteiger partial charge in [-0.25, -0.2) is 0 Å². The minimum atomic E-state index is -1.99. The maximum absolute atomic E-state index is 6.58. The van der Waals surface area contributed by atoms with E-state index >= 15 is 0 Å². The van der Waals surface area contributed by atoms with E-state index in [-0.39, 0.29) is 11.5 Å². The van der Waals surface area contributed by atoms with Crippen LogP contribution in [0.3, 0.4) is 0 Å². The lowest BCUT2D eigenvalue weighted by Gasteiger charge is -2.34. The monoisotopic (exact) mass is 356 g/mol.